The number of aliphatic hydroxyl groups is 1. The number of para-hydroxylation sites is 1. The number of nitrogen functional groups attached to an aromatic ring is 1. The van der Waals surface area contributed by atoms with Crippen molar-refractivity contribution < 1.29 is 14.6 Å². The topological polar surface area (TPSA) is 75.8 Å². The molecule has 1 aliphatic heterocycles. The molecular weight excluding hydrogens is 232 g/mol. The number of benzene rings is 1. The maximum absolute atomic E-state index is 12.3. The van der Waals surface area contributed by atoms with Gasteiger partial charge in [0.1, 0.15) is 0 Å². The molecule has 0 spiro atoms. The predicted molar refractivity (Wildman–Crippen MR) is 68.5 cm³/mol. The third-order valence-electron chi connectivity index (χ3n) is 3.31. The zero-order valence-corrected chi connectivity index (χ0v) is 10.4. The molecule has 2 rings (SSSR count). The number of nitrogens with zero attached hydrogens (tertiary/aromatic N) is 1. The number of aliphatic hydroxyl groups excluding tert-OH is 1. The van der Waals surface area contributed by atoms with Crippen LogP contribution in [0.2, 0.25) is 0 Å². The molecule has 98 valence electrons. The minimum absolute atomic E-state index is 0.0879. The lowest BCUT2D eigenvalue weighted by Crippen LogP contribution is -2.29. The summed E-state index contributed by atoms with van der Waals surface area (Å²) in [6.07, 6.45) is 0.840. The van der Waals surface area contributed by atoms with E-state index < -0.39 is 0 Å². The smallest absolute Gasteiger partial charge is 0.257 e. The summed E-state index contributed by atoms with van der Waals surface area (Å²) in [6.45, 7) is 1.38. The SMILES string of the molecule is COc1c(N)cccc1C(=O)N1CCC(CO)C1. The number of methoxy groups -OCH3 is 1. The van der Waals surface area contributed by atoms with Gasteiger partial charge in [0.25, 0.3) is 5.91 Å². The fourth-order valence-electron chi connectivity index (χ4n) is 2.29. The van der Waals surface area contributed by atoms with Crippen molar-refractivity contribution in [2.45, 2.75) is 6.42 Å². The lowest BCUT2D eigenvalue weighted by Gasteiger charge is -2.18. The van der Waals surface area contributed by atoms with Crippen LogP contribution in [0, 0.1) is 5.92 Å². The van der Waals surface area contributed by atoms with Gasteiger partial charge in [-0.25, -0.2) is 0 Å². The van der Waals surface area contributed by atoms with E-state index in [4.69, 9.17) is 15.6 Å². The summed E-state index contributed by atoms with van der Waals surface area (Å²) < 4.78 is 5.19. The normalized spacial score (nSPS) is 19.0. The summed E-state index contributed by atoms with van der Waals surface area (Å²) in [5, 5.41) is 9.10. The minimum Gasteiger partial charge on any atom is -0.494 e. The average Bonchev–Trinajstić information content (AvgIpc) is 2.86. The minimum atomic E-state index is -0.0879. The van der Waals surface area contributed by atoms with E-state index in [0.29, 0.717) is 30.1 Å². The van der Waals surface area contributed by atoms with Crippen LogP contribution in [0.3, 0.4) is 0 Å². The summed E-state index contributed by atoms with van der Waals surface area (Å²) in [4.78, 5) is 14.1. The Balaban J connectivity index is 2.22. The molecule has 0 aliphatic carbocycles. The molecular formula is C13H18N2O3. The molecule has 0 saturated carbocycles. The number of carbonyl (C=O) groups is 1. The van der Waals surface area contributed by atoms with Crippen LogP contribution in [0.5, 0.6) is 5.75 Å². The second-order valence-corrected chi connectivity index (χ2v) is 4.52. The van der Waals surface area contributed by atoms with Crippen LogP contribution < -0.4 is 10.5 Å². The van der Waals surface area contributed by atoms with E-state index in [1.54, 1.807) is 23.1 Å². The Bertz CT molecular complexity index is 448. The van der Waals surface area contributed by atoms with Gasteiger partial charge in [-0.3, -0.25) is 4.79 Å². The van der Waals surface area contributed by atoms with Gasteiger partial charge in [-0.2, -0.15) is 0 Å². The largest absolute Gasteiger partial charge is 0.494 e. The molecule has 1 fully saturated rings. The first-order valence-electron chi connectivity index (χ1n) is 6.00. The molecule has 5 heteroatoms. The zero-order valence-electron chi connectivity index (χ0n) is 10.4. The first kappa shape index (κ1) is 12.7. The Morgan fingerprint density at radius 2 is 2.39 bits per heavy atom. The van der Waals surface area contributed by atoms with Crippen LogP contribution >= 0.6 is 0 Å². The highest BCUT2D eigenvalue weighted by molar-refractivity contribution is 5.98. The summed E-state index contributed by atoms with van der Waals surface area (Å²) >= 11 is 0. The Kier molecular flexibility index (Phi) is 3.72. The molecule has 3 N–H and O–H groups in total. The van der Waals surface area contributed by atoms with Crippen molar-refractivity contribution in [1.82, 2.24) is 4.90 Å². The van der Waals surface area contributed by atoms with Gasteiger partial charge < -0.3 is 20.5 Å². The summed E-state index contributed by atoms with van der Waals surface area (Å²) in [6, 6.07) is 5.16. The number of hydrogen-bond acceptors (Lipinski definition) is 4. The zero-order chi connectivity index (χ0) is 13.1. The molecule has 1 aromatic carbocycles. The molecule has 1 atom stereocenters. The number of rotatable bonds is 3. The molecule has 1 aromatic rings. The van der Waals surface area contributed by atoms with E-state index in [0.717, 1.165) is 6.42 Å². The standard InChI is InChI=1S/C13H18N2O3/c1-18-12-10(3-2-4-11(12)14)13(17)15-6-5-9(7-15)8-16/h2-4,9,16H,5-8,14H2,1H3. The van der Waals surface area contributed by atoms with Gasteiger partial charge in [-0.1, -0.05) is 6.07 Å². The van der Waals surface area contributed by atoms with E-state index in [1.165, 1.54) is 7.11 Å². The summed E-state index contributed by atoms with van der Waals surface area (Å²) in [5.41, 5.74) is 6.73. The second-order valence-electron chi connectivity index (χ2n) is 4.52. The first-order chi connectivity index (χ1) is 8.67. The predicted octanol–water partition coefficient (Wildman–Crippen LogP) is 0.732. The van der Waals surface area contributed by atoms with Crippen molar-refractivity contribution in [3.8, 4) is 5.75 Å². The molecule has 0 aromatic heterocycles. The van der Waals surface area contributed by atoms with Crippen molar-refractivity contribution in [1.29, 1.82) is 0 Å². The number of hydrogen-bond donors (Lipinski definition) is 2. The van der Waals surface area contributed by atoms with Crippen molar-refractivity contribution >= 4 is 11.6 Å². The van der Waals surface area contributed by atoms with Crippen molar-refractivity contribution in [2.24, 2.45) is 5.92 Å². The number of ether oxygens (including phenoxy) is 1. The summed E-state index contributed by atoms with van der Waals surface area (Å²) in [5.74, 6) is 0.519. The van der Waals surface area contributed by atoms with Crippen LogP contribution in [0.25, 0.3) is 0 Å². The van der Waals surface area contributed by atoms with Gasteiger partial charge in [0.2, 0.25) is 0 Å². The highest BCUT2D eigenvalue weighted by Crippen LogP contribution is 2.28. The van der Waals surface area contributed by atoms with Crippen molar-refractivity contribution in [3.05, 3.63) is 23.8 Å². The average molecular weight is 250 g/mol. The molecule has 0 bridgehead atoms. The third kappa shape index (κ3) is 2.26. The lowest BCUT2D eigenvalue weighted by atomic mass is 10.1. The molecule has 5 nitrogen and oxygen atoms in total. The number of anilines is 1. The maximum Gasteiger partial charge on any atom is 0.257 e. The highest BCUT2D eigenvalue weighted by Gasteiger charge is 2.28. The highest BCUT2D eigenvalue weighted by atomic mass is 16.5. The molecule has 1 saturated heterocycles. The summed E-state index contributed by atoms with van der Waals surface area (Å²) in [7, 11) is 1.50. The van der Waals surface area contributed by atoms with Crippen molar-refractivity contribution in [3.63, 3.8) is 0 Å². The van der Waals surface area contributed by atoms with Crippen LogP contribution in [0.4, 0.5) is 5.69 Å². The lowest BCUT2D eigenvalue weighted by molar-refractivity contribution is 0.0778. The van der Waals surface area contributed by atoms with Gasteiger partial charge >= 0.3 is 0 Å². The van der Waals surface area contributed by atoms with Crippen molar-refractivity contribution in [2.75, 3.05) is 32.5 Å². The number of nitrogens with two attached hydrogens (primary N) is 1. The Hall–Kier alpha value is -1.75. The Labute approximate surface area is 106 Å². The van der Waals surface area contributed by atoms with Gasteiger partial charge in [-0.15, -0.1) is 0 Å². The molecule has 1 heterocycles. The number of amides is 1. The second kappa shape index (κ2) is 5.27. The molecule has 18 heavy (non-hydrogen) atoms. The van der Waals surface area contributed by atoms with E-state index in [9.17, 15) is 4.79 Å². The van der Waals surface area contributed by atoms with Crippen LogP contribution in [0.15, 0.2) is 18.2 Å². The third-order valence-corrected chi connectivity index (χ3v) is 3.31. The van der Waals surface area contributed by atoms with E-state index in [-0.39, 0.29) is 18.4 Å². The molecule has 1 aliphatic rings. The molecule has 0 radical (unpaired) electrons. The van der Waals surface area contributed by atoms with Gasteiger partial charge in [0.15, 0.2) is 5.75 Å². The van der Waals surface area contributed by atoms with Crippen LogP contribution in [-0.4, -0.2) is 42.7 Å². The van der Waals surface area contributed by atoms with Gasteiger partial charge in [0, 0.05) is 25.6 Å². The van der Waals surface area contributed by atoms with Crippen LogP contribution in [0.1, 0.15) is 16.8 Å². The molecule has 1 amide bonds. The Morgan fingerprint density at radius 1 is 1.61 bits per heavy atom. The molecule has 1 unspecified atom stereocenters. The monoisotopic (exact) mass is 250 g/mol. The number of likely N-dealkylation sites (tertiary alicyclic amines) is 1. The maximum atomic E-state index is 12.3. The fourth-order valence-corrected chi connectivity index (χ4v) is 2.29. The van der Waals surface area contributed by atoms with Crippen LogP contribution in [-0.2, 0) is 0 Å². The number of carbonyl (C=O) groups excluding carboxylic acids is 1. The van der Waals surface area contributed by atoms with E-state index in [2.05, 4.69) is 0 Å². The van der Waals surface area contributed by atoms with E-state index in [1.807, 2.05) is 0 Å². The first-order valence-corrected chi connectivity index (χ1v) is 6.00. The van der Waals surface area contributed by atoms with E-state index >= 15 is 0 Å². The van der Waals surface area contributed by atoms with Gasteiger partial charge in [-0.05, 0) is 18.6 Å². The quantitative estimate of drug-likeness (QED) is 0.775. The van der Waals surface area contributed by atoms with Gasteiger partial charge in [0.05, 0.1) is 18.4 Å². The fraction of sp³-hybridized carbons (Fsp3) is 0.462. The Morgan fingerprint density at radius 3 is 3.00 bits per heavy atom.